The molecule has 0 aliphatic heterocycles. The van der Waals surface area contributed by atoms with Crippen LogP contribution in [0, 0.1) is 0 Å². The van der Waals surface area contributed by atoms with Crippen LogP contribution in [0.3, 0.4) is 0 Å². The third kappa shape index (κ3) is 4.70. The minimum absolute atomic E-state index is 0.263. The minimum atomic E-state index is -0.263. The first-order chi connectivity index (χ1) is 10.2. The maximum Gasteiger partial charge on any atom is 0.256 e. The monoisotopic (exact) mass is 306 g/mol. The van der Waals surface area contributed by atoms with Gasteiger partial charge >= 0.3 is 0 Å². The molecule has 0 radical (unpaired) electrons. The van der Waals surface area contributed by atoms with Crippen LogP contribution in [-0.2, 0) is 4.74 Å². The van der Waals surface area contributed by atoms with Gasteiger partial charge in [0.15, 0.2) is 5.82 Å². The van der Waals surface area contributed by atoms with Gasteiger partial charge in [-0.15, -0.1) is 10.2 Å². The number of carbonyl (C=O) groups excluding carboxylic acids is 1. The van der Waals surface area contributed by atoms with Gasteiger partial charge in [0.2, 0.25) is 0 Å². The number of hydrogen-bond donors (Lipinski definition) is 2. The summed E-state index contributed by atoms with van der Waals surface area (Å²) in [6.45, 7) is 1.22. The predicted molar refractivity (Wildman–Crippen MR) is 81.8 cm³/mol. The Hall–Kier alpha value is -2.18. The van der Waals surface area contributed by atoms with E-state index in [1.807, 2.05) is 0 Å². The van der Waals surface area contributed by atoms with Crippen LogP contribution in [0.2, 0.25) is 5.02 Å². The molecule has 7 heteroatoms. The molecule has 2 N–H and O–H groups in total. The van der Waals surface area contributed by atoms with Gasteiger partial charge in [0.1, 0.15) is 5.82 Å². The van der Waals surface area contributed by atoms with Gasteiger partial charge in [-0.3, -0.25) is 4.79 Å². The van der Waals surface area contributed by atoms with Crippen LogP contribution < -0.4 is 10.6 Å². The minimum Gasteiger partial charge on any atom is -0.383 e. The third-order valence-corrected chi connectivity index (χ3v) is 2.88. The summed E-state index contributed by atoms with van der Waals surface area (Å²) in [5.41, 5.74) is 0.503. The van der Waals surface area contributed by atoms with Gasteiger partial charge < -0.3 is 15.4 Å². The lowest BCUT2D eigenvalue weighted by molar-refractivity contribution is 0.102. The van der Waals surface area contributed by atoms with Gasteiger partial charge in [-0.05, 0) is 36.4 Å². The number of rotatable bonds is 6. The molecule has 2 rings (SSSR count). The molecule has 0 unspecified atom stereocenters. The highest BCUT2D eigenvalue weighted by Gasteiger charge is 2.07. The smallest absolute Gasteiger partial charge is 0.256 e. The van der Waals surface area contributed by atoms with E-state index in [0.717, 1.165) is 0 Å². The Kier molecular flexibility index (Phi) is 5.48. The zero-order valence-corrected chi connectivity index (χ0v) is 12.2. The molecule has 0 fully saturated rings. The molecule has 1 amide bonds. The van der Waals surface area contributed by atoms with Crippen LogP contribution in [0.1, 0.15) is 10.4 Å². The first-order valence-electron chi connectivity index (χ1n) is 6.32. The number of benzene rings is 1. The number of halogens is 1. The van der Waals surface area contributed by atoms with Crippen molar-refractivity contribution in [3.63, 3.8) is 0 Å². The van der Waals surface area contributed by atoms with E-state index >= 15 is 0 Å². The molecule has 21 heavy (non-hydrogen) atoms. The topological polar surface area (TPSA) is 76.1 Å². The molecule has 6 nitrogen and oxygen atoms in total. The third-order valence-electron chi connectivity index (χ3n) is 2.62. The molecule has 1 aromatic heterocycles. The highest BCUT2D eigenvalue weighted by atomic mass is 35.5. The number of ether oxygens (including phenoxy) is 1. The van der Waals surface area contributed by atoms with E-state index in [0.29, 0.717) is 35.4 Å². The summed E-state index contributed by atoms with van der Waals surface area (Å²) in [7, 11) is 1.63. The molecule has 2 aromatic rings. The van der Waals surface area contributed by atoms with Gasteiger partial charge in [0.25, 0.3) is 5.91 Å². The molecule has 0 aliphatic carbocycles. The van der Waals surface area contributed by atoms with E-state index in [4.69, 9.17) is 16.3 Å². The van der Waals surface area contributed by atoms with E-state index < -0.39 is 0 Å². The number of hydrogen-bond acceptors (Lipinski definition) is 5. The molecule has 0 saturated heterocycles. The summed E-state index contributed by atoms with van der Waals surface area (Å²) < 4.78 is 4.92. The molecule has 1 heterocycles. The van der Waals surface area contributed by atoms with E-state index in [-0.39, 0.29) is 5.91 Å². The lowest BCUT2D eigenvalue weighted by Gasteiger charge is -2.06. The van der Waals surface area contributed by atoms with Crippen LogP contribution in [-0.4, -0.2) is 36.4 Å². The molecule has 0 atom stereocenters. The lowest BCUT2D eigenvalue weighted by Crippen LogP contribution is -2.14. The highest BCUT2D eigenvalue weighted by Crippen LogP contribution is 2.12. The standard InChI is InChI=1S/C14H15ClN4O2/c1-21-9-8-16-12-6-7-13(19-18-12)17-14(20)10-2-4-11(15)5-3-10/h2-7H,8-9H2,1H3,(H,16,18)(H,17,19,20). The predicted octanol–water partition coefficient (Wildman–Crippen LogP) is 2.44. The maximum atomic E-state index is 12.0. The van der Waals surface area contributed by atoms with Crippen molar-refractivity contribution in [2.24, 2.45) is 0 Å². The Labute approximate surface area is 127 Å². The Morgan fingerprint density at radius 1 is 1.14 bits per heavy atom. The van der Waals surface area contributed by atoms with Crippen molar-refractivity contribution in [1.29, 1.82) is 0 Å². The second-order valence-corrected chi connectivity index (χ2v) is 4.62. The molecular weight excluding hydrogens is 292 g/mol. The van der Waals surface area contributed by atoms with E-state index in [1.54, 1.807) is 43.5 Å². The molecule has 110 valence electrons. The summed E-state index contributed by atoms with van der Waals surface area (Å²) in [6.07, 6.45) is 0. The Bertz CT molecular complexity index is 587. The Morgan fingerprint density at radius 3 is 2.43 bits per heavy atom. The van der Waals surface area contributed by atoms with Gasteiger partial charge in [-0.25, -0.2) is 0 Å². The summed E-state index contributed by atoms with van der Waals surface area (Å²) in [6, 6.07) is 10.0. The van der Waals surface area contributed by atoms with E-state index in [9.17, 15) is 4.79 Å². The van der Waals surface area contributed by atoms with E-state index in [2.05, 4.69) is 20.8 Å². The summed E-state index contributed by atoms with van der Waals surface area (Å²) in [5, 5.41) is 14.2. The van der Waals surface area contributed by atoms with Gasteiger partial charge in [0, 0.05) is 24.2 Å². The van der Waals surface area contributed by atoms with Crippen molar-refractivity contribution in [2.75, 3.05) is 30.9 Å². The van der Waals surface area contributed by atoms with Crippen LogP contribution in [0.4, 0.5) is 11.6 Å². The molecule has 1 aromatic carbocycles. The van der Waals surface area contributed by atoms with Crippen LogP contribution >= 0.6 is 11.6 Å². The fraction of sp³-hybridized carbons (Fsp3) is 0.214. The SMILES string of the molecule is COCCNc1ccc(NC(=O)c2ccc(Cl)cc2)nn1. The molecule has 0 aliphatic rings. The zero-order chi connectivity index (χ0) is 15.1. The Balaban J connectivity index is 1.93. The number of aromatic nitrogens is 2. The normalized spacial score (nSPS) is 10.2. The lowest BCUT2D eigenvalue weighted by atomic mass is 10.2. The number of anilines is 2. The molecule has 0 saturated carbocycles. The second-order valence-electron chi connectivity index (χ2n) is 4.18. The van der Waals surface area contributed by atoms with E-state index in [1.165, 1.54) is 0 Å². The quantitative estimate of drug-likeness (QED) is 0.802. The average Bonchev–Trinajstić information content (AvgIpc) is 2.50. The second kappa shape index (κ2) is 7.56. The molecular formula is C14H15ClN4O2. The summed E-state index contributed by atoms with van der Waals surface area (Å²) in [5.74, 6) is 0.741. The number of nitrogens with zero attached hydrogens (tertiary/aromatic N) is 2. The van der Waals surface area contributed by atoms with Crippen LogP contribution in [0.5, 0.6) is 0 Å². The summed E-state index contributed by atoms with van der Waals surface area (Å²) >= 11 is 5.78. The van der Waals surface area contributed by atoms with Gasteiger partial charge in [-0.1, -0.05) is 11.6 Å². The zero-order valence-electron chi connectivity index (χ0n) is 11.5. The van der Waals surface area contributed by atoms with Gasteiger partial charge in [0.05, 0.1) is 6.61 Å². The molecule has 0 spiro atoms. The average molecular weight is 307 g/mol. The fourth-order valence-corrected chi connectivity index (χ4v) is 1.69. The number of amides is 1. The first kappa shape index (κ1) is 15.2. The van der Waals surface area contributed by atoms with Crippen molar-refractivity contribution in [3.8, 4) is 0 Å². The number of nitrogens with one attached hydrogen (secondary N) is 2. The first-order valence-corrected chi connectivity index (χ1v) is 6.70. The van der Waals surface area contributed by atoms with Gasteiger partial charge in [-0.2, -0.15) is 0 Å². The summed E-state index contributed by atoms with van der Waals surface area (Å²) in [4.78, 5) is 12.0. The molecule has 0 bridgehead atoms. The van der Waals surface area contributed by atoms with Crippen molar-refractivity contribution in [3.05, 3.63) is 47.0 Å². The largest absolute Gasteiger partial charge is 0.383 e. The van der Waals surface area contributed by atoms with Crippen molar-refractivity contribution >= 4 is 29.1 Å². The Morgan fingerprint density at radius 2 is 1.81 bits per heavy atom. The van der Waals surface area contributed by atoms with Crippen LogP contribution in [0.25, 0.3) is 0 Å². The van der Waals surface area contributed by atoms with Crippen LogP contribution in [0.15, 0.2) is 36.4 Å². The van der Waals surface area contributed by atoms with Crippen molar-refractivity contribution in [1.82, 2.24) is 10.2 Å². The van der Waals surface area contributed by atoms with Crippen molar-refractivity contribution in [2.45, 2.75) is 0 Å². The highest BCUT2D eigenvalue weighted by molar-refractivity contribution is 6.30. The number of methoxy groups -OCH3 is 1. The maximum absolute atomic E-state index is 12.0. The number of carbonyl (C=O) groups is 1. The fourth-order valence-electron chi connectivity index (χ4n) is 1.56. The van der Waals surface area contributed by atoms with Crippen molar-refractivity contribution < 1.29 is 9.53 Å².